The Hall–Kier alpha value is 0.234. The molecule has 1 saturated heterocycles. The topological polar surface area (TPSA) is 46.2 Å². The van der Waals surface area contributed by atoms with Crippen molar-refractivity contribution >= 4 is 15.9 Å². The van der Waals surface area contributed by atoms with E-state index in [0.29, 0.717) is 26.4 Å². The summed E-state index contributed by atoms with van der Waals surface area (Å²) >= 11 is 0. The van der Waals surface area contributed by atoms with E-state index in [0.717, 1.165) is 12.5 Å². The van der Waals surface area contributed by atoms with Crippen molar-refractivity contribution in [3.8, 4) is 0 Å². The van der Waals surface area contributed by atoms with Gasteiger partial charge in [-0.1, -0.05) is 13.1 Å². The first-order valence-corrected chi connectivity index (χ1v) is 13.6. The highest BCUT2D eigenvalue weighted by molar-refractivity contribution is 7.34. The zero-order chi connectivity index (χ0) is 15.3. The molecule has 0 spiro atoms. The maximum Gasteiger partial charge on any atom is 0.473 e. The van der Waals surface area contributed by atoms with Gasteiger partial charge in [-0.25, -0.2) is 0 Å². The second kappa shape index (κ2) is 7.48. The third-order valence-electron chi connectivity index (χ3n) is 3.57. The van der Waals surface area contributed by atoms with Gasteiger partial charge in [0.05, 0.1) is 0 Å². The van der Waals surface area contributed by atoms with E-state index in [1.165, 1.54) is 0 Å². The molecule has 0 aliphatic carbocycles. The SMILES string of the molecule is CCOC1(OCC)CC[Si](C)(C)[Si](OCC)(OCC)O1. The smallest absolute Gasteiger partial charge is 0.377 e. The molecule has 0 aromatic heterocycles. The van der Waals surface area contributed by atoms with Crippen molar-refractivity contribution in [3.05, 3.63) is 0 Å². The van der Waals surface area contributed by atoms with E-state index in [9.17, 15) is 0 Å². The predicted octanol–water partition coefficient (Wildman–Crippen LogP) is 2.93. The number of hydrogen-bond donors (Lipinski definition) is 0. The van der Waals surface area contributed by atoms with Crippen molar-refractivity contribution in [2.45, 2.75) is 59.2 Å². The Morgan fingerprint density at radius 2 is 1.40 bits per heavy atom. The summed E-state index contributed by atoms with van der Waals surface area (Å²) in [4.78, 5) is 0. The summed E-state index contributed by atoms with van der Waals surface area (Å²) in [5.41, 5.74) is 0. The molecule has 0 aromatic carbocycles. The van der Waals surface area contributed by atoms with Gasteiger partial charge in [0.15, 0.2) is 0 Å². The van der Waals surface area contributed by atoms with E-state index in [1.54, 1.807) is 0 Å². The van der Waals surface area contributed by atoms with Crippen LogP contribution in [0.1, 0.15) is 34.1 Å². The van der Waals surface area contributed by atoms with E-state index in [-0.39, 0.29) is 0 Å². The highest BCUT2D eigenvalue weighted by Gasteiger charge is 2.64. The minimum Gasteiger partial charge on any atom is -0.377 e. The van der Waals surface area contributed by atoms with Crippen molar-refractivity contribution in [2.24, 2.45) is 0 Å². The van der Waals surface area contributed by atoms with Crippen LogP contribution in [0.25, 0.3) is 0 Å². The van der Waals surface area contributed by atoms with Crippen molar-refractivity contribution in [1.82, 2.24) is 0 Å². The molecular formula is C13H30O5Si2. The summed E-state index contributed by atoms with van der Waals surface area (Å²) in [5, 5.41) is 0. The van der Waals surface area contributed by atoms with Crippen molar-refractivity contribution in [2.75, 3.05) is 26.4 Å². The molecule has 1 heterocycles. The minimum atomic E-state index is -2.73. The van der Waals surface area contributed by atoms with Gasteiger partial charge in [0.25, 0.3) is 5.97 Å². The first-order chi connectivity index (χ1) is 9.41. The Balaban J connectivity index is 3.07. The van der Waals surface area contributed by atoms with Crippen LogP contribution >= 0.6 is 0 Å². The molecule has 0 radical (unpaired) electrons. The van der Waals surface area contributed by atoms with Crippen LogP contribution in [-0.2, 0) is 22.8 Å². The lowest BCUT2D eigenvalue weighted by Gasteiger charge is -2.50. The quantitative estimate of drug-likeness (QED) is 0.508. The fraction of sp³-hybridized carbons (Fsp3) is 1.00. The van der Waals surface area contributed by atoms with Crippen LogP contribution in [0.5, 0.6) is 0 Å². The second-order valence-corrected chi connectivity index (χ2v) is 17.5. The van der Waals surface area contributed by atoms with Gasteiger partial charge < -0.3 is 22.8 Å². The number of rotatable bonds is 8. The Labute approximate surface area is 125 Å². The van der Waals surface area contributed by atoms with Crippen molar-refractivity contribution in [3.63, 3.8) is 0 Å². The summed E-state index contributed by atoms with van der Waals surface area (Å²) in [7, 11) is -4.48. The summed E-state index contributed by atoms with van der Waals surface area (Å²) in [6.07, 6.45) is 0.753. The summed E-state index contributed by atoms with van der Waals surface area (Å²) in [5.74, 6) is -0.984. The van der Waals surface area contributed by atoms with Crippen LogP contribution in [0.3, 0.4) is 0 Å². The first kappa shape index (κ1) is 18.3. The molecule has 0 bridgehead atoms. The van der Waals surface area contributed by atoms with Gasteiger partial charge in [-0.15, -0.1) is 0 Å². The predicted molar refractivity (Wildman–Crippen MR) is 83.0 cm³/mol. The average Bonchev–Trinajstić information content (AvgIpc) is 2.36. The molecule has 1 rings (SSSR count). The van der Waals surface area contributed by atoms with Gasteiger partial charge in [0, 0.05) is 32.8 Å². The summed E-state index contributed by atoms with van der Waals surface area (Å²) in [6, 6.07) is 1.03. The average molecular weight is 323 g/mol. The summed E-state index contributed by atoms with van der Waals surface area (Å²) in [6.45, 7) is 14.7. The molecule has 0 amide bonds. The second-order valence-electron chi connectivity index (χ2n) is 5.46. The first-order valence-electron chi connectivity index (χ1n) is 7.66. The molecule has 1 aliphatic rings. The van der Waals surface area contributed by atoms with Crippen LogP contribution in [0.15, 0.2) is 0 Å². The largest absolute Gasteiger partial charge is 0.473 e. The van der Waals surface area contributed by atoms with Gasteiger partial charge in [0.1, 0.15) is 7.59 Å². The van der Waals surface area contributed by atoms with Crippen LogP contribution in [0.4, 0.5) is 0 Å². The van der Waals surface area contributed by atoms with E-state index in [1.807, 2.05) is 27.7 Å². The Bertz CT molecular complexity index is 286. The molecule has 20 heavy (non-hydrogen) atoms. The maximum absolute atomic E-state index is 6.35. The normalized spacial score (nSPS) is 23.7. The van der Waals surface area contributed by atoms with Crippen LogP contribution in [0, 0.1) is 0 Å². The van der Waals surface area contributed by atoms with E-state index in [2.05, 4.69) is 13.1 Å². The summed E-state index contributed by atoms with van der Waals surface area (Å²) < 4.78 is 30.1. The number of ether oxygens (including phenoxy) is 2. The molecule has 0 unspecified atom stereocenters. The molecule has 5 nitrogen and oxygen atoms in total. The molecular weight excluding hydrogens is 292 g/mol. The maximum atomic E-state index is 6.35. The van der Waals surface area contributed by atoms with Gasteiger partial charge >= 0.3 is 8.32 Å². The zero-order valence-electron chi connectivity index (χ0n) is 13.8. The molecule has 7 heteroatoms. The van der Waals surface area contributed by atoms with Crippen LogP contribution in [-0.4, -0.2) is 48.3 Å². The van der Waals surface area contributed by atoms with E-state index in [4.69, 9.17) is 22.8 Å². The van der Waals surface area contributed by atoms with Gasteiger partial charge in [-0.3, -0.25) is 0 Å². The third-order valence-corrected chi connectivity index (χ3v) is 15.5. The fourth-order valence-electron chi connectivity index (χ4n) is 2.57. The Kier molecular flexibility index (Phi) is 6.84. The molecule has 120 valence electrons. The van der Waals surface area contributed by atoms with E-state index < -0.39 is 21.9 Å². The van der Waals surface area contributed by atoms with E-state index >= 15 is 0 Å². The number of hydrogen-bond acceptors (Lipinski definition) is 5. The van der Waals surface area contributed by atoms with Crippen LogP contribution < -0.4 is 0 Å². The standard InChI is InChI=1S/C13H30O5Si2/c1-7-14-13(15-8-2)11-12-19(5,6)20(18-13,16-9-3)17-10-4/h7-12H2,1-6H3. The Morgan fingerprint density at radius 3 is 1.80 bits per heavy atom. The molecule has 0 saturated carbocycles. The van der Waals surface area contributed by atoms with Gasteiger partial charge in [0.2, 0.25) is 0 Å². The monoisotopic (exact) mass is 322 g/mol. The third kappa shape index (κ3) is 3.70. The lowest BCUT2D eigenvalue weighted by molar-refractivity contribution is -0.358. The molecule has 0 atom stereocenters. The Morgan fingerprint density at radius 1 is 0.900 bits per heavy atom. The van der Waals surface area contributed by atoms with Gasteiger partial charge in [-0.2, -0.15) is 0 Å². The fourth-order valence-corrected chi connectivity index (χ4v) is 12.3. The molecule has 0 N–H and O–H groups in total. The molecule has 0 aromatic rings. The zero-order valence-corrected chi connectivity index (χ0v) is 15.8. The van der Waals surface area contributed by atoms with Gasteiger partial charge in [-0.05, 0) is 33.7 Å². The lowest BCUT2D eigenvalue weighted by Crippen LogP contribution is -2.73. The molecule has 1 fully saturated rings. The molecule has 1 aliphatic heterocycles. The minimum absolute atomic E-state index is 0.546. The van der Waals surface area contributed by atoms with Crippen molar-refractivity contribution in [1.29, 1.82) is 0 Å². The van der Waals surface area contributed by atoms with Crippen molar-refractivity contribution < 1.29 is 22.8 Å². The van der Waals surface area contributed by atoms with Crippen LogP contribution in [0.2, 0.25) is 19.1 Å². The lowest BCUT2D eigenvalue weighted by atomic mass is 10.4. The highest BCUT2D eigenvalue weighted by Crippen LogP contribution is 2.41. The highest BCUT2D eigenvalue weighted by atomic mass is 29.3.